The molecule has 7 heteroatoms. The van der Waals surface area contributed by atoms with E-state index < -0.39 is 5.97 Å². The Morgan fingerprint density at radius 1 is 1.36 bits per heavy atom. The summed E-state index contributed by atoms with van der Waals surface area (Å²) in [5, 5.41) is 11.4. The summed E-state index contributed by atoms with van der Waals surface area (Å²) < 4.78 is 7.63. The van der Waals surface area contributed by atoms with Crippen LogP contribution in [0, 0.1) is 0 Å². The first-order valence-corrected chi connectivity index (χ1v) is 7.17. The molecule has 0 saturated heterocycles. The first kappa shape index (κ1) is 14.5. The number of carboxylic acids is 1. The van der Waals surface area contributed by atoms with Crippen molar-refractivity contribution in [2.45, 2.75) is 25.5 Å². The number of imidazole rings is 1. The van der Waals surface area contributed by atoms with E-state index in [-0.39, 0.29) is 24.8 Å². The van der Waals surface area contributed by atoms with Crippen molar-refractivity contribution in [3.8, 4) is 0 Å². The molecule has 0 bridgehead atoms. The highest BCUT2D eigenvalue weighted by molar-refractivity contribution is 5.80. The smallest absolute Gasteiger partial charge is 0.303 e. The second kappa shape index (κ2) is 6.15. The lowest BCUT2D eigenvalue weighted by Crippen LogP contribution is -2.35. The van der Waals surface area contributed by atoms with Gasteiger partial charge in [-0.2, -0.15) is 0 Å². The van der Waals surface area contributed by atoms with Crippen molar-refractivity contribution < 1.29 is 19.4 Å². The van der Waals surface area contributed by atoms with Crippen molar-refractivity contribution >= 4 is 22.9 Å². The monoisotopic (exact) mass is 303 g/mol. The lowest BCUT2D eigenvalue weighted by Gasteiger charge is -2.26. The Balaban J connectivity index is 1.72. The molecule has 1 aromatic carbocycles. The standard InChI is InChI=1S/C15H17N3O4/c19-14(5-6-15(20)21)16-7-10-8-22-9-13-17-11-3-1-2-4-12(11)18(10)13/h1-4,10H,5-9H2,(H,16,19)(H,20,21). The average molecular weight is 303 g/mol. The van der Waals surface area contributed by atoms with E-state index in [2.05, 4.69) is 14.9 Å². The summed E-state index contributed by atoms with van der Waals surface area (Å²) >= 11 is 0. The lowest BCUT2D eigenvalue weighted by molar-refractivity contribution is -0.138. The van der Waals surface area contributed by atoms with Gasteiger partial charge in [-0.25, -0.2) is 4.98 Å². The van der Waals surface area contributed by atoms with Crippen molar-refractivity contribution in [3.63, 3.8) is 0 Å². The lowest BCUT2D eigenvalue weighted by atomic mass is 10.2. The normalized spacial score (nSPS) is 17.2. The summed E-state index contributed by atoms with van der Waals surface area (Å²) in [6, 6.07) is 7.80. The zero-order valence-corrected chi connectivity index (χ0v) is 12.0. The van der Waals surface area contributed by atoms with Gasteiger partial charge in [0.2, 0.25) is 5.91 Å². The maximum atomic E-state index is 11.7. The summed E-state index contributed by atoms with van der Waals surface area (Å²) in [4.78, 5) is 26.7. The molecule has 2 N–H and O–H groups in total. The zero-order chi connectivity index (χ0) is 15.5. The van der Waals surface area contributed by atoms with Gasteiger partial charge in [-0.3, -0.25) is 9.59 Å². The third kappa shape index (κ3) is 2.94. The summed E-state index contributed by atoms with van der Waals surface area (Å²) in [7, 11) is 0. The van der Waals surface area contributed by atoms with E-state index in [4.69, 9.17) is 9.84 Å². The molecule has 2 heterocycles. The van der Waals surface area contributed by atoms with Crippen LogP contribution in [-0.2, 0) is 20.9 Å². The van der Waals surface area contributed by atoms with Gasteiger partial charge >= 0.3 is 5.97 Å². The highest BCUT2D eigenvalue weighted by Crippen LogP contribution is 2.25. The molecule has 0 fully saturated rings. The van der Waals surface area contributed by atoms with Crippen LogP contribution < -0.4 is 5.32 Å². The van der Waals surface area contributed by atoms with Gasteiger partial charge in [-0.05, 0) is 12.1 Å². The van der Waals surface area contributed by atoms with E-state index in [0.29, 0.717) is 19.8 Å². The molecule has 0 aliphatic carbocycles. The third-order valence-electron chi connectivity index (χ3n) is 3.68. The molecule has 1 aliphatic rings. The van der Waals surface area contributed by atoms with Gasteiger partial charge in [0.05, 0.1) is 30.1 Å². The van der Waals surface area contributed by atoms with Crippen LogP contribution in [0.3, 0.4) is 0 Å². The Morgan fingerprint density at radius 2 is 2.18 bits per heavy atom. The number of fused-ring (bicyclic) bond motifs is 3. The molecule has 0 saturated carbocycles. The van der Waals surface area contributed by atoms with Crippen molar-refractivity contribution in [1.82, 2.24) is 14.9 Å². The fourth-order valence-electron chi connectivity index (χ4n) is 2.66. The van der Waals surface area contributed by atoms with Gasteiger partial charge in [0.25, 0.3) is 0 Å². The van der Waals surface area contributed by atoms with E-state index >= 15 is 0 Å². The number of carboxylic acid groups (broad SMARTS) is 1. The number of nitrogens with zero attached hydrogens (tertiary/aromatic N) is 2. The van der Waals surface area contributed by atoms with Gasteiger partial charge in [-0.1, -0.05) is 12.1 Å². The van der Waals surface area contributed by atoms with Crippen molar-refractivity contribution in [2.75, 3.05) is 13.2 Å². The molecule has 7 nitrogen and oxygen atoms in total. The van der Waals surface area contributed by atoms with Gasteiger partial charge in [0.15, 0.2) is 0 Å². The fraction of sp³-hybridized carbons (Fsp3) is 0.400. The topological polar surface area (TPSA) is 93.4 Å². The molecule has 1 aliphatic heterocycles. The molecule has 1 unspecified atom stereocenters. The number of carbonyl (C=O) groups is 2. The van der Waals surface area contributed by atoms with Crippen LogP contribution in [0.15, 0.2) is 24.3 Å². The molecule has 0 radical (unpaired) electrons. The molecule has 1 atom stereocenters. The summed E-state index contributed by atoms with van der Waals surface area (Å²) in [5.74, 6) is -0.393. The third-order valence-corrected chi connectivity index (χ3v) is 3.68. The van der Waals surface area contributed by atoms with Gasteiger partial charge in [-0.15, -0.1) is 0 Å². The average Bonchev–Trinajstić information content (AvgIpc) is 2.90. The van der Waals surface area contributed by atoms with Gasteiger partial charge < -0.3 is 19.7 Å². The minimum atomic E-state index is -0.973. The number of aromatic nitrogens is 2. The molecule has 1 aromatic heterocycles. The Bertz CT molecular complexity index is 710. The highest BCUT2D eigenvalue weighted by Gasteiger charge is 2.24. The number of para-hydroxylation sites is 2. The number of nitrogens with one attached hydrogen (secondary N) is 1. The van der Waals surface area contributed by atoms with E-state index in [9.17, 15) is 9.59 Å². The molecule has 22 heavy (non-hydrogen) atoms. The number of aliphatic carboxylic acids is 1. The Labute approximate surface area is 126 Å². The van der Waals surface area contributed by atoms with Gasteiger partial charge in [0, 0.05) is 13.0 Å². The van der Waals surface area contributed by atoms with E-state index in [1.165, 1.54) is 0 Å². The number of carbonyl (C=O) groups excluding carboxylic acids is 1. The SMILES string of the molecule is O=C(O)CCC(=O)NCC1COCc2nc3ccccc3n21. The molecule has 0 spiro atoms. The summed E-state index contributed by atoms with van der Waals surface area (Å²) in [6.45, 7) is 1.34. The minimum Gasteiger partial charge on any atom is -0.481 e. The molecule has 3 rings (SSSR count). The van der Waals surface area contributed by atoms with Crippen LogP contribution in [0.1, 0.15) is 24.7 Å². The van der Waals surface area contributed by atoms with E-state index in [1.54, 1.807) is 0 Å². The number of amides is 1. The van der Waals surface area contributed by atoms with E-state index in [0.717, 1.165) is 16.9 Å². The molecule has 116 valence electrons. The van der Waals surface area contributed by atoms with Crippen LogP contribution in [0.4, 0.5) is 0 Å². The maximum absolute atomic E-state index is 11.7. The first-order valence-electron chi connectivity index (χ1n) is 7.17. The van der Waals surface area contributed by atoms with Crippen LogP contribution >= 0.6 is 0 Å². The molecule has 1 amide bonds. The number of rotatable bonds is 5. The summed E-state index contributed by atoms with van der Waals surface area (Å²) in [5.41, 5.74) is 1.93. The number of benzene rings is 1. The predicted octanol–water partition coefficient (Wildman–Crippen LogP) is 1.09. The predicted molar refractivity (Wildman–Crippen MR) is 78.3 cm³/mol. The van der Waals surface area contributed by atoms with E-state index in [1.807, 2.05) is 24.3 Å². The minimum absolute atomic E-state index is 0.0134. The van der Waals surface area contributed by atoms with Crippen LogP contribution in [0.5, 0.6) is 0 Å². The maximum Gasteiger partial charge on any atom is 0.303 e. The Morgan fingerprint density at radius 3 is 3.00 bits per heavy atom. The zero-order valence-electron chi connectivity index (χ0n) is 12.0. The highest BCUT2D eigenvalue weighted by atomic mass is 16.5. The van der Waals surface area contributed by atoms with Crippen molar-refractivity contribution in [3.05, 3.63) is 30.1 Å². The second-order valence-corrected chi connectivity index (χ2v) is 5.25. The van der Waals surface area contributed by atoms with Crippen molar-refractivity contribution in [1.29, 1.82) is 0 Å². The quantitative estimate of drug-likeness (QED) is 0.862. The first-order chi connectivity index (χ1) is 10.6. The largest absolute Gasteiger partial charge is 0.481 e. The van der Waals surface area contributed by atoms with Crippen LogP contribution in [0.25, 0.3) is 11.0 Å². The van der Waals surface area contributed by atoms with Gasteiger partial charge in [0.1, 0.15) is 12.4 Å². The van der Waals surface area contributed by atoms with Crippen molar-refractivity contribution in [2.24, 2.45) is 0 Å². The second-order valence-electron chi connectivity index (χ2n) is 5.25. The molecular weight excluding hydrogens is 286 g/mol. The van der Waals surface area contributed by atoms with Crippen LogP contribution in [-0.4, -0.2) is 39.7 Å². The molecule has 2 aromatic rings. The number of hydrogen-bond donors (Lipinski definition) is 2. The Hall–Kier alpha value is -2.41. The summed E-state index contributed by atoms with van der Waals surface area (Å²) in [6.07, 6.45) is -0.174. The Kier molecular flexibility index (Phi) is 4.06. The van der Waals surface area contributed by atoms with Crippen LogP contribution in [0.2, 0.25) is 0 Å². The number of hydrogen-bond acceptors (Lipinski definition) is 4. The molecular formula is C15H17N3O4. The number of ether oxygens (including phenoxy) is 1. The fourth-order valence-corrected chi connectivity index (χ4v) is 2.66.